The highest BCUT2D eigenvalue weighted by atomic mass is 16.5. The summed E-state index contributed by atoms with van der Waals surface area (Å²) < 4.78 is 4.69. The summed E-state index contributed by atoms with van der Waals surface area (Å²) in [5, 5.41) is 18.6. The lowest BCUT2D eigenvalue weighted by Gasteiger charge is -2.58. The van der Waals surface area contributed by atoms with E-state index in [9.17, 15) is 14.7 Å². The number of carboxylic acid groups (broad SMARTS) is 1. The zero-order valence-electron chi connectivity index (χ0n) is 18.7. The predicted octanol–water partition coefficient (Wildman–Crippen LogP) is 4.39. The molecule has 1 heterocycles. The zero-order chi connectivity index (χ0) is 22.9. The molecule has 32 heavy (non-hydrogen) atoms. The second-order valence-corrected chi connectivity index (χ2v) is 9.25. The quantitative estimate of drug-likeness (QED) is 0.535. The molecule has 2 fully saturated rings. The van der Waals surface area contributed by atoms with Crippen molar-refractivity contribution in [3.63, 3.8) is 0 Å². The van der Waals surface area contributed by atoms with Crippen LogP contribution in [-0.4, -0.2) is 46.7 Å². The van der Waals surface area contributed by atoms with E-state index in [1.807, 2.05) is 6.07 Å². The Bertz CT molecular complexity index is 1020. The lowest BCUT2D eigenvalue weighted by molar-refractivity contribution is -0.131. The maximum Gasteiger partial charge on any atom is 0.339 e. The van der Waals surface area contributed by atoms with Gasteiger partial charge in [-0.25, -0.2) is 4.79 Å². The molecule has 1 saturated heterocycles. The maximum atomic E-state index is 10.6. The van der Waals surface area contributed by atoms with E-state index in [1.54, 1.807) is 12.1 Å². The number of piperidine rings is 1. The number of hydrogen-bond acceptors (Lipinski definition) is 5. The van der Waals surface area contributed by atoms with E-state index in [0.29, 0.717) is 11.2 Å². The summed E-state index contributed by atoms with van der Waals surface area (Å²) in [4.78, 5) is 23.8. The van der Waals surface area contributed by atoms with Crippen LogP contribution in [0.15, 0.2) is 42.5 Å². The molecule has 5 rings (SSSR count). The largest absolute Gasteiger partial charge is 0.508 e. The van der Waals surface area contributed by atoms with Gasteiger partial charge in [-0.3, -0.25) is 4.79 Å². The van der Waals surface area contributed by atoms with Gasteiger partial charge in [0, 0.05) is 18.4 Å². The molecule has 2 bridgehead atoms. The van der Waals surface area contributed by atoms with Crippen LogP contribution in [0.1, 0.15) is 60.5 Å². The van der Waals surface area contributed by atoms with Crippen molar-refractivity contribution in [3.05, 3.63) is 59.2 Å². The first kappa shape index (κ1) is 22.3. The number of para-hydroxylation sites is 1. The van der Waals surface area contributed by atoms with Gasteiger partial charge >= 0.3 is 11.9 Å². The third-order valence-electron chi connectivity index (χ3n) is 7.47. The van der Waals surface area contributed by atoms with E-state index in [1.165, 1.54) is 75.3 Å². The maximum absolute atomic E-state index is 10.6. The summed E-state index contributed by atoms with van der Waals surface area (Å²) in [6.45, 7) is 2.44. The summed E-state index contributed by atoms with van der Waals surface area (Å²) >= 11 is 0. The van der Waals surface area contributed by atoms with Gasteiger partial charge in [-0.05, 0) is 80.6 Å². The van der Waals surface area contributed by atoms with E-state index in [0.717, 1.165) is 12.0 Å². The predicted molar refractivity (Wildman–Crippen MR) is 121 cm³/mol. The number of esters is 1. The van der Waals surface area contributed by atoms with Crippen molar-refractivity contribution in [2.75, 3.05) is 13.6 Å². The molecule has 6 nitrogen and oxygen atoms in total. The molecule has 0 amide bonds. The van der Waals surface area contributed by atoms with Gasteiger partial charge in [-0.1, -0.05) is 31.0 Å². The number of carboxylic acids is 1. The molecule has 0 aromatic heterocycles. The molecule has 0 radical (unpaired) electrons. The number of phenols is 1. The molecule has 3 aliphatic rings. The van der Waals surface area contributed by atoms with Crippen molar-refractivity contribution in [2.24, 2.45) is 5.92 Å². The lowest BCUT2D eigenvalue weighted by Crippen LogP contribution is -2.59. The van der Waals surface area contributed by atoms with Crippen LogP contribution in [0, 0.1) is 5.92 Å². The fourth-order valence-corrected chi connectivity index (χ4v) is 6.07. The number of likely N-dealkylation sites (tertiary alicyclic amines) is 1. The fourth-order valence-electron chi connectivity index (χ4n) is 6.07. The molecule has 2 aromatic rings. The molecule has 3 atom stereocenters. The van der Waals surface area contributed by atoms with Crippen molar-refractivity contribution >= 4 is 11.9 Å². The molecule has 0 unspecified atom stereocenters. The highest BCUT2D eigenvalue weighted by Gasteiger charge is 2.52. The number of phenolic OH excluding ortho intramolecular Hbond substituents is 1. The number of aromatic carboxylic acids is 1. The van der Waals surface area contributed by atoms with E-state index in [4.69, 9.17) is 5.11 Å². The Hall–Kier alpha value is -2.86. The van der Waals surface area contributed by atoms with Crippen molar-refractivity contribution < 1.29 is 24.5 Å². The van der Waals surface area contributed by atoms with Crippen molar-refractivity contribution in [1.82, 2.24) is 4.90 Å². The number of likely N-dealkylation sites (N-methyl/N-ethyl adjacent to an activating group) is 1. The van der Waals surface area contributed by atoms with Gasteiger partial charge in [0.05, 0.1) is 0 Å². The monoisotopic (exact) mass is 437 g/mol. The number of carbonyl (C=O) groups excluding carboxylic acids is 1. The van der Waals surface area contributed by atoms with Gasteiger partial charge in [0.2, 0.25) is 0 Å². The van der Waals surface area contributed by atoms with Crippen LogP contribution in [0.4, 0.5) is 0 Å². The van der Waals surface area contributed by atoms with Crippen LogP contribution >= 0.6 is 0 Å². The van der Waals surface area contributed by atoms with Gasteiger partial charge in [-0.15, -0.1) is 0 Å². The SMILES string of the molecule is CC(=O)Oc1ccccc1C(=O)O.CN1CC[C@]23CCCC[C@H]2[C@H]1Cc1ccc(O)cc13. The summed E-state index contributed by atoms with van der Waals surface area (Å²) in [5.74, 6) is -0.308. The highest BCUT2D eigenvalue weighted by Crippen LogP contribution is 2.55. The van der Waals surface area contributed by atoms with Crippen LogP contribution in [-0.2, 0) is 16.6 Å². The van der Waals surface area contributed by atoms with E-state index >= 15 is 0 Å². The minimum Gasteiger partial charge on any atom is -0.508 e. The molecule has 2 aromatic carbocycles. The van der Waals surface area contributed by atoms with E-state index in [-0.39, 0.29) is 11.3 Å². The Morgan fingerprint density at radius 2 is 1.91 bits per heavy atom. The Balaban J connectivity index is 0.000000166. The molecular weight excluding hydrogens is 406 g/mol. The summed E-state index contributed by atoms with van der Waals surface area (Å²) in [7, 11) is 2.30. The Morgan fingerprint density at radius 3 is 2.66 bits per heavy atom. The number of carbonyl (C=O) groups is 2. The Kier molecular flexibility index (Phi) is 6.24. The standard InChI is InChI=1S/C17H23NO.C9H8O4/c1-18-9-8-17-7-3-2-4-14(17)16(18)10-12-5-6-13(19)11-15(12)17;1-6(10)13-8-5-3-2-4-7(8)9(11)12/h5-6,11,14,16,19H,2-4,7-10H2,1H3;2-5H,1H3,(H,11,12)/t14-,16+,17+;/m0./s1. The van der Waals surface area contributed by atoms with Crippen LogP contribution in [0.25, 0.3) is 0 Å². The Morgan fingerprint density at radius 1 is 1.12 bits per heavy atom. The average Bonchev–Trinajstić information content (AvgIpc) is 2.77. The van der Waals surface area contributed by atoms with Crippen LogP contribution in [0.5, 0.6) is 11.5 Å². The third kappa shape index (κ3) is 4.11. The average molecular weight is 438 g/mol. The number of aromatic hydroxyl groups is 1. The minimum atomic E-state index is -1.11. The highest BCUT2D eigenvalue weighted by molar-refractivity contribution is 5.91. The second kappa shape index (κ2) is 8.94. The van der Waals surface area contributed by atoms with E-state index in [2.05, 4.69) is 28.8 Å². The lowest BCUT2D eigenvalue weighted by atomic mass is 9.52. The van der Waals surface area contributed by atoms with Gasteiger partial charge in [0.15, 0.2) is 0 Å². The van der Waals surface area contributed by atoms with Gasteiger partial charge in [0.25, 0.3) is 0 Å². The molecule has 0 spiro atoms. The Labute approximate surface area is 188 Å². The second-order valence-electron chi connectivity index (χ2n) is 9.25. The van der Waals surface area contributed by atoms with Crippen LogP contribution < -0.4 is 4.74 Å². The number of rotatable bonds is 2. The minimum absolute atomic E-state index is 0.0160. The van der Waals surface area contributed by atoms with Crippen molar-refractivity contribution in [3.8, 4) is 11.5 Å². The molecular formula is C26H31NO5. The number of benzene rings is 2. The normalized spacial score (nSPS) is 26.1. The number of fused-ring (bicyclic) bond motifs is 1. The molecule has 2 aliphatic carbocycles. The number of ether oxygens (including phenoxy) is 1. The summed E-state index contributed by atoms with van der Waals surface area (Å²) in [6, 6.07) is 12.8. The van der Waals surface area contributed by atoms with Crippen molar-refractivity contribution in [1.29, 1.82) is 0 Å². The first-order valence-electron chi connectivity index (χ1n) is 11.3. The molecule has 6 heteroatoms. The summed E-state index contributed by atoms with van der Waals surface area (Å²) in [5.41, 5.74) is 3.34. The van der Waals surface area contributed by atoms with Gasteiger partial charge in [0.1, 0.15) is 17.1 Å². The topological polar surface area (TPSA) is 87.1 Å². The van der Waals surface area contributed by atoms with Crippen LogP contribution in [0.3, 0.4) is 0 Å². The third-order valence-corrected chi connectivity index (χ3v) is 7.47. The first-order chi connectivity index (χ1) is 15.3. The smallest absolute Gasteiger partial charge is 0.339 e. The summed E-state index contributed by atoms with van der Waals surface area (Å²) in [6.07, 6.45) is 7.93. The first-order valence-corrected chi connectivity index (χ1v) is 11.3. The molecule has 2 N–H and O–H groups in total. The zero-order valence-corrected chi connectivity index (χ0v) is 18.7. The molecule has 1 aliphatic heterocycles. The molecule has 170 valence electrons. The number of nitrogens with zero attached hydrogens (tertiary/aromatic N) is 1. The van der Waals surface area contributed by atoms with E-state index < -0.39 is 11.9 Å². The number of hydrogen-bond donors (Lipinski definition) is 2. The van der Waals surface area contributed by atoms with Crippen molar-refractivity contribution in [2.45, 2.75) is 56.9 Å². The molecule has 1 saturated carbocycles. The van der Waals surface area contributed by atoms with Gasteiger partial charge < -0.3 is 19.8 Å². The van der Waals surface area contributed by atoms with Crippen LogP contribution in [0.2, 0.25) is 0 Å². The van der Waals surface area contributed by atoms with Gasteiger partial charge in [-0.2, -0.15) is 0 Å². The fraction of sp³-hybridized carbons (Fsp3) is 0.462.